The molecule has 4 heteroatoms. The maximum atomic E-state index is 12.3. The highest BCUT2D eigenvalue weighted by Gasteiger charge is 2.36. The summed E-state index contributed by atoms with van der Waals surface area (Å²) >= 11 is 3.23. The average Bonchev–Trinajstić information content (AvgIpc) is 2.45. The van der Waals surface area contributed by atoms with Crippen LogP contribution in [-0.4, -0.2) is 6.18 Å². The Labute approximate surface area is 87.6 Å². The van der Waals surface area contributed by atoms with Gasteiger partial charge in [0, 0.05) is 16.5 Å². The molecule has 0 spiro atoms. The first-order valence-electron chi connectivity index (χ1n) is 4.03. The van der Waals surface area contributed by atoms with Crippen molar-refractivity contribution in [1.29, 1.82) is 0 Å². The Balaban J connectivity index is 2.37. The van der Waals surface area contributed by atoms with Crippen molar-refractivity contribution in [2.75, 3.05) is 0 Å². The van der Waals surface area contributed by atoms with Crippen LogP contribution in [0, 0.1) is 0 Å². The first-order valence-corrected chi connectivity index (χ1v) is 4.82. The maximum absolute atomic E-state index is 12.3. The Kier molecular flexibility index (Phi) is 2.18. The van der Waals surface area contributed by atoms with E-state index in [0.29, 0.717) is 5.56 Å². The SMILES string of the molecule is FC(F)(F)C1=Cc2ccc(Br)cc2C1. The molecule has 0 amide bonds. The predicted molar refractivity (Wildman–Crippen MR) is 51.9 cm³/mol. The Morgan fingerprint density at radius 2 is 1.93 bits per heavy atom. The van der Waals surface area contributed by atoms with Crippen molar-refractivity contribution in [3.63, 3.8) is 0 Å². The number of hydrogen-bond donors (Lipinski definition) is 0. The van der Waals surface area contributed by atoms with Crippen LogP contribution in [0.3, 0.4) is 0 Å². The van der Waals surface area contributed by atoms with Crippen LogP contribution in [0.25, 0.3) is 6.08 Å². The largest absolute Gasteiger partial charge is 0.413 e. The van der Waals surface area contributed by atoms with Crippen LogP contribution < -0.4 is 0 Å². The second-order valence-corrected chi connectivity index (χ2v) is 4.10. The van der Waals surface area contributed by atoms with Gasteiger partial charge in [0.2, 0.25) is 0 Å². The molecule has 0 aromatic heterocycles. The molecule has 1 aromatic rings. The smallest absolute Gasteiger partial charge is 0.166 e. The van der Waals surface area contributed by atoms with Gasteiger partial charge in [-0.3, -0.25) is 0 Å². The van der Waals surface area contributed by atoms with Gasteiger partial charge >= 0.3 is 6.18 Å². The summed E-state index contributed by atoms with van der Waals surface area (Å²) in [5.41, 5.74) is 0.929. The fourth-order valence-corrected chi connectivity index (χ4v) is 1.90. The lowest BCUT2D eigenvalue weighted by Crippen LogP contribution is -2.11. The third-order valence-electron chi connectivity index (χ3n) is 2.18. The van der Waals surface area contributed by atoms with E-state index in [1.165, 1.54) is 6.08 Å². The van der Waals surface area contributed by atoms with E-state index in [1.54, 1.807) is 18.2 Å². The van der Waals surface area contributed by atoms with Crippen LogP contribution in [0.2, 0.25) is 0 Å². The first-order chi connectivity index (χ1) is 6.47. The molecule has 14 heavy (non-hydrogen) atoms. The Bertz CT molecular complexity index is 404. The van der Waals surface area contributed by atoms with E-state index in [2.05, 4.69) is 15.9 Å². The number of hydrogen-bond acceptors (Lipinski definition) is 0. The summed E-state index contributed by atoms with van der Waals surface area (Å²) in [6.07, 6.45) is -3.01. The van der Waals surface area contributed by atoms with Crippen LogP contribution in [0.4, 0.5) is 13.2 Å². The highest BCUT2D eigenvalue weighted by Crippen LogP contribution is 2.36. The lowest BCUT2D eigenvalue weighted by atomic mass is 10.1. The van der Waals surface area contributed by atoms with E-state index >= 15 is 0 Å². The molecular weight excluding hydrogens is 257 g/mol. The van der Waals surface area contributed by atoms with Gasteiger partial charge in [0.25, 0.3) is 0 Å². The molecule has 2 rings (SSSR count). The number of alkyl halides is 3. The molecule has 0 saturated carbocycles. The molecule has 0 fully saturated rings. The topological polar surface area (TPSA) is 0 Å². The first kappa shape index (κ1) is 9.77. The van der Waals surface area contributed by atoms with Gasteiger partial charge < -0.3 is 0 Å². The summed E-state index contributed by atoms with van der Waals surface area (Å²) in [4.78, 5) is 0. The molecule has 0 unspecified atom stereocenters. The molecule has 0 atom stereocenters. The lowest BCUT2D eigenvalue weighted by molar-refractivity contribution is -0.0918. The molecule has 0 nitrogen and oxygen atoms in total. The third kappa shape index (κ3) is 1.71. The van der Waals surface area contributed by atoms with Gasteiger partial charge in [0.05, 0.1) is 0 Å². The van der Waals surface area contributed by atoms with E-state index < -0.39 is 11.7 Å². The van der Waals surface area contributed by atoms with Crippen molar-refractivity contribution in [3.05, 3.63) is 39.4 Å². The molecule has 1 aliphatic rings. The van der Waals surface area contributed by atoms with E-state index in [4.69, 9.17) is 0 Å². The fourth-order valence-electron chi connectivity index (χ4n) is 1.49. The van der Waals surface area contributed by atoms with Gasteiger partial charge in [-0.2, -0.15) is 13.2 Å². The van der Waals surface area contributed by atoms with Crippen molar-refractivity contribution in [2.45, 2.75) is 12.6 Å². The normalized spacial score (nSPS) is 15.3. The summed E-state index contributed by atoms with van der Waals surface area (Å²) in [6.45, 7) is 0. The lowest BCUT2D eigenvalue weighted by Gasteiger charge is -2.05. The second kappa shape index (κ2) is 3.12. The summed E-state index contributed by atoms with van der Waals surface area (Å²) in [5, 5.41) is 0. The summed E-state index contributed by atoms with van der Waals surface area (Å²) in [6, 6.07) is 5.16. The number of rotatable bonds is 0. The van der Waals surface area contributed by atoms with Gasteiger partial charge in [-0.1, -0.05) is 22.0 Å². The minimum Gasteiger partial charge on any atom is -0.166 e. The summed E-state index contributed by atoms with van der Waals surface area (Å²) in [5.74, 6) is 0. The van der Waals surface area contributed by atoms with Crippen LogP contribution in [0.5, 0.6) is 0 Å². The number of allylic oxidation sites excluding steroid dienone is 1. The monoisotopic (exact) mass is 262 g/mol. The van der Waals surface area contributed by atoms with E-state index in [-0.39, 0.29) is 6.42 Å². The molecule has 0 heterocycles. The zero-order valence-electron chi connectivity index (χ0n) is 7.03. The number of benzene rings is 1. The zero-order valence-corrected chi connectivity index (χ0v) is 8.61. The highest BCUT2D eigenvalue weighted by atomic mass is 79.9. The van der Waals surface area contributed by atoms with Crippen molar-refractivity contribution < 1.29 is 13.2 Å². The molecule has 0 N–H and O–H groups in total. The molecular formula is C10H6BrF3. The fraction of sp³-hybridized carbons (Fsp3) is 0.200. The Hall–Kier alpha value is -0.770. The molecule has 1 aliphatic carbocycles. The van der Waals surface area contributed by atoms with Crippen molar-refractivity contribution in [1.82, 2.24) is 0 Å². The van der Waals surface area contributed by atoms with Gasteiger partial charge in [-0.15, -0.1) is 0 Å². The van der Waals surface area contributed by atoms with Gasteiger partial charge in [0.1, 0.15) is 0 Å². The van der Waals surface area contributed by atoms with Gasteiger partial charge in [-0.25, -0.2) is 0 Å². The predicted octanol–water partition coefficient (Wildman–Crippen LogP) is 3.95. The van der Waals surface area contributed by atoms with E-state index in [0.717, 1.165) is 10.0 Å². The third-order valence-corrected chi connectivity index (χ3v) is 2.67. The zero-order chi connectivity index (χ0) is 10.3. The molecule has 0 saturated heterocycles. The average molecular weight is 263 g/mol. The van der Waals surface area contributed by atoms with Crippen molar-refractivity contribution in [3.8, 4) is 0 Å². The van der Waals surface area contributed by atoms with Gasteiger partial charge in [0.15, 0.2) is 0 Å². The summed E-state index contributed by atoms with van der Waals surface area (Å²) < 4.78 is 37.9. The highest BCUT2D eigenvalue weighted by molar-refractivity contribution is 9.10. The number of halogens is 4. The van der Waals surface area contributed by atoms with E-state index in [9.17, 15) is 13.2 Å². The standard InChI is InChI=1S/C10H6BrF3/c11-9-2-1-6-3-8(10(12,13)14)4-7(6)5-9/h1-3,5H,4H2. The molecule has 0 bridgehead atoms. The van der Waals surface area contributed by atoms with Crippen LogP contribution in [0.1, 0.15) is 11.1 Å². The van der Waals surface area contributed by atoms with Crippen molar-refractivity contribution >= 4 is 22.0 Å². The van der Waals surface area contributed by atoms with Crippen LogP contribution in [-0.2, 0) is 6.42 Å². The van der Waals surface area contributed by atoms with Crippen molar-refractivity contribution in [2.24, 2.45) is 0 Å². The van der Waals surface area contributed by atoms with Crippen LogP contribution in [0.15, 0.2) is 28.2 Å². The molecule has 1 aromatic carbocycles. The molecule has 0 radical (unpaired) electrons. The second-order valence-electron chi connectivity index (χ2n) is 3.19. The maximum Gasteiger partial charge on any atom is 0.413 e. The Morgan fingerprint density at radius 3 is 2.57 bits per heavy atom. The van der Waals surface area contributed by atoms with Gasteiger partial charge in [-0.05, 0) is 29.3 Å². The minimum absolute atomic E-state index is 0.0156. The molecule has 0 aliphatic heterocycles. The quantitative estimate of drug-likeness (QED) is 0.664. The summed E-state index contributed by atoms with van der Waals surface area (Å²) in [7, 11) is 0. The molecule has 74 valence electrons. The Morgan fingerprint density at radius 1 is 1.21 bits per heavy atom. The van der Waals surface area contributed by atoms with E-state index in [1.807, 2.05) is 0 Å². The van der Waals surface area contributed by atoms with Crippen LogP contribution >= 0.6 is 15.9 Å². The number of fused-ring (bicyclic) bond motifs is 1. The minimum atomic E-state index is -4.20.